The molecule has 1 atom stereocenters. The Morgan fingerprint density at radius 2 is 1.85 bits per heavy atom. The van der Waals surface area contributed by atoms with E-state index in [9.17, 15) is 9.59 Å². The van der Waals surface area contributed by atoms with E-state index in [2.05, 4.69) is 5.32 Å². The summed E-state index contributed by atoms with van der Waals surface area (Å²) < 4.78 is 0. The van der Waals surface area contributed by atoms with Gasteiger partial charge in [0.25, 0.3) is 5.91 Å². The van der Waals surface area contributed by atoms with Gasteiger partial charge >= 0.3 is 0 Å². The van der Waals surface area contributed by atoms with Crippen LogP contribution in [-0.4, -0.2) is 23.9 Å². The average Bonchev–Trinajstić information content (AvgIpc) is 2.60. The summed E-state index contributed by atoms with van der Waals surface area (Å²) in [6.07, 6.45) is 0. The number of nitrogens with zero attached hydrogens (tertiary/aromatic N) is 1. The molecule has 0 saturated carbocycles. The number of nitrogens with two attached hydrogens (primary N) is 1. The van der Waals surface area contributed by atoms with Crippen LogP contribution in [0.1, 0.15) is 32.4 Å². The van der Waals surface area contributed by atoms with Gasteiger partial charge in [0, 0.05) is 10.6 Å². The Hall–Kier alpha value is -2.37. The molecule has 1 aliphatic rings. The van der Waals surface area contributed by atoms with Gasteiger partial charge in [-0.25, -0.2) is 0 Å². The monoisotopic (exact) mass is 372 g/mol. The molecular formula is C20H23ClN3O2+. The van der Waals surface area contributed by atoms with E-state index >= 15 is 0 Å². The summed E-state index contributed by atoms with van der Waals surface area (Å²) in [6.45, 7) is 5.75. The number of carbonyl (C=O) groups is 2. The van der Waals surface area contributed by atoms with Gasteiger partial charge < -0.3 is 10.6 Å². The number of benzene rings is 2. The predicted molar refractivity (Wildman–Crippen MR) is 103 cm³/mol. The van der Waals surface area contributed by atoms with Crippen LogP contribution in [0.4, 0.5) is 11.4 Å². The first-order valence-electron chi connectivity index (χ1n) is 8.63. The second-order valence-corrected chi connectivity index (χ2v) is 7.42. The van der Waals surface area contributed by atoms with E-state index in [1.54, 1.807) is 24.8 Å². The van der Waals surface area contributed by atoms with Crippen molar-refractivity contribution in [2.45, 2.75) is 32.4 Å². The van der Waals surface area contributed by atoms with Crippen LogP contribution < -0.4 is 15.5 Å². The van der Waals surface area contributed by atoms with Crippen molar-refractivity contribution in [3.8, 4) is 0 Å². The Labute approximate surface area is 158 Å². The zero-order chi connectivity index (χ0) is 18.9. The van der Waals surface area contributed by atoms with Gasteiger partial charge in [0.1, 0.15) is 11.6 Å². The molecule has 0 radical (unpaired) electrons. The van der Waals surface area contributed by atoms with Crippen LogP contribution in [0.15, 0.2) is 48.5 Å². The van der Waals surface area contributed by atoms with E-state index in [0.29, 0.717) is 10.7 Å². The average molecular weight is 373 g/mol. The van der Waals surface area contributed by atoms with E-state index in [-0.39, 0.29) is 24.4 Å². The van der Waals surface area contributed by atoms with Crippen LogP contribution in [0.5, 0.6) is 0 Å². The highest BCUT2D eigenvalue weighted by molar-refractivity contribution is 6.31. The highest BCUT2D eigenvalue weighted by Crippen LogP contribution is 2.36. The van der Waals surface area contributed by atoms with Crippen molar-refractivity contribution in [3.05, 3.63) is 59.1 Å². The highest BCUT2D eigenvalue weighted by Gasteiger charge is 2.43. The molecule has 136 valence electrons. The molecule has 3 N–H and O–H groups in total. The van der Waals surface area contributed by atoms with Crippen molar-refractivity contribution in [2.75, 3.05) is 16.8 Å². The molecule has 0 bridgehead atoms. The number of amides is 2. The first kappa shape index (κ1) is 18.4. The van der Waals surface area contributed by atoms with Gasteiger partial charge in [-0.05, 0) is 39.0 Å². The molecule has 2 aromatic rings. The number of para-hydroxylation sites is 2. The lowest BCUT2D eigenvalue weighted by atomic mass is 9.96. The summed E-state index contributed by atoms with van der Waals surface area (Å²) in [4.78, 5) is 27.1. The molecule has 2 aromatic carbocycles. The van der Waals surface area contributed by atoms with Gasteiger partial charge in [0.15, 0.2) is 6.54 Å². The fraction of sp³-hybridized carbons (Fsp3) is 0.300. The molecule has 0 aromatic heterocycles. The van der Waals surface area contributed by atoms with E-state index < -0.39 is 5.54 Å². The Bertz CT molecular complexity index is 850. The van der Waals surface area contributed by atoms with Crippen molar-refractivity contribution in [1.29, 1.82) is 0 Å². The van der Waals surface area contributed by atoms with Crippen molar-refractivity contribution >= 4 is 34.8 Å². The lowest BCUT2D eigenvalue weighted by Gasteiger charge is -2.41. The molecule has 3 rings (SSSR count). The SMILES string of the molecule is C[C@@H]([NH2+]CC(=O)N1c2ccccc2NC(=O)C1(C)C)c1ccccc1Cl. The number of nitrogens with one attached hydrogen (secondary N) is 1. The molecule has 0 fully saturated rings. The number of hydrogen-bond acceptors (Lipinski definition) is 2. The molecule has 5 nitrogen and oxygen atoms in total. The quantitative estimate of drug-likeness (QED) is 0.866. The Kier molecular flexibility index (Phi) is 5.03. The van der Waals surface area contributed by atoms with Gasteiger partial charge in [-0.3, -0.25) is 14.5 Å². The van der Waals surface area contributed by atoms with Crippen LogP contribution in [0.2, 0.25) is 5.02 Å². The standard InChI is InChI=1S/C20H22ClN3O2/c1-13(14-8-4-5-9-15(14)21)22-12-18(25)24-17-11-7-6-10-16(17)23-19(26)20(24,2)3/h4-11,13,22H,12H2,1-3H3,(H,23,26)/p+1/t13-/m1/s1. The topological polar surface area (TPSA) is 66.0 Å². The Morgan fingerprint density at radius 1 is 1.19 bits per heavy atom. The predicted octanol–water partition coefficient (Wildman–Crippen LogP) is 2.73. The molecule has 6 heteroatoms. The summed E-state index contributed by atoms with van der Waals surface area (Å²) >= 11 is 6.25. The summed E-state index contributed by atoms with van der Waals surface area (Å²) in [6, 6.07) is 15.0. The maximum atomic E-state index is 13.0. The first-order valence-corrected chi connectivity index (χ1v) is 9.01. The molecule has 0 unspecified atom stereocenters. The third-order valence-corrected chi connectivity index (χ3v) is 5.14. The second kappa shape index (κ2) is 7.09. The van der Waals surface area contributed by atoms with Crippen molar-refractivity contribution in [3.63, 3.8) is 0 Å². The number of halogens is 1. The summed E-state index contributed by atoms with van der Waals surface area (Å²) in [7, 11) is 0. The molecule has 0 saturated heterocycles. The lowest BCUT2D eigenvalue weighted by Crippen LogP contribution is -2.87. The lowest BCUT2D eigenvalue weighted by molar-refractivity contribution is -0.682. The van der Waals surface area contributed by atoms with Crippen LogP contribution >= 0.6 is 11.6 Å². The van der Waals surface area contributed by atoms with Gasteiger partial charge in [-0.2, -0.15) is 0 Å². The van der Waals surface area contributed by atoms with Gasteiger partial charge in [-0.15, -0.1) is 0 Å². The zero-order valence-corrected chi connectivity index (χ0v) is 15.9. The van der Waals surface area contributed by atoms with Crippen molar-refractivity contribution in [2.24, 2.45) is 0 Å². The van der Waals surface area contributed by atoms with Crippen LogP contribution in [0.25, 0.3) is 0 Å². The van der Waals surface area contributed by atoms with E-state index in [0.717, 1.165) is 11.3 Å². The van der Waals surface area contributed by atoms with Crippen LogP contribution in [-0.2, 0) is 9.59 Å². The fourth-order valence-electron chi connectivity index (χ4n) is 3.24. The zero-order valence-electron chi connectivity index (χ0n) is 15.1. The minimum absolute atomic E-state index is 0.0321. The van der Waals surface area contributed by atoms with E-state index in [1.165, 1.54) is 0 Å². The number of anilines is 2. The number of fused-ring (bicyclic) bond motifs is 1. The summed E-state index contributed by atoms with van der Waals surface area (Å²) in [5, 5.41) is 5.50. The highest BCUT2D eigenvalue weighted by atomic mass is 35.5. The fourth-order valence-corrected chi connectivity index (χ4v) is 3.55. The van der Waals surface area contributed by atoms with Crippen LogP contribution in [0, 0.1) is 0 Å². The Morgan fingerprint density at radius 3 is 2.58 bits per heavy atom. The molecule has 1 aliphatic heterocycles. The van der Waals surface area contributed by atoms with Gasteiger partial charge in [0.05, 0.1) is 11.4 Å². The third kappa shape index (κ3) is 3.32. The number of rotatable bonds is 4. The van der Waals surface area contributed by atoms with Crippen molar-refractivity contribution in [1.82, 2.24) is 0 Å². The smallest absolute Gasteiger partial charge is 0.283 e. The van der Waals surface area contributed by atoms with Gasteiger partial charge in [-0.1, -0.05) is 41.9 Å². The minimum atomic E-state index is -0.951. The normalized spacial score (nSPS) is 16.6. The number of hydrogen-bond donors (Lipinski definition) is 2. The summed E-state index contributed by atoms with van der Waals surface area (Å²) in [5.41, 5.74) is 1.41. The second-order valence-electron chi connectivity index (χ2n) is 7.01. The molecule has 0 spiro atoms. The maximum Gasteiger partial charge on any atom is 0.283 e. The largest absolute Gasteiger partial charge is 0.332 e. The number of carbonyl (C=O) groups excluding carboxylic acids is 2. The molecule has 1 heterocycles. The number of quaternary nitrogens is 1. The third-order valence-electron chi connectivity index (χ3n) is 4.80. The Balaban J connectivity index is 1.80. The van der Waals surface area contributed by atoms with Crippen LogP contribution in [0.3, 0.4) is 0 Å². The van der Waals surface area contributed by atoms with E-state index in [4.69, 9.17) is 11.6 Å². The van der Waals surface area contributed by atoms with Crippen molar-refractivity contribution < 1.29 is 14.9 Å². The molecular weight excluding hydrogens is 350 g/mol. The summed E-state index contributed by atoms with van der Waals surface area (Å²) in [5.74, 6) is -0.306. The maximum absolute atomic E-state index is 13.0. The molecule has 2 amide bonds. The van der Waals surface area contributed by atoms with E-state index in [1.807, 2.05) is 54.7 Å². The molecule has 26 heavy (non-hydrogen) atoms. The van der Waals surface area contributed by atoms with Gasteiger partial charge in [0.2, 0.25) is 5.91 Å². The molecule has 0 aliphatic carbocycles. The minimum Gasteiger partial charge on any atom is -0.332 e. The first-order chi connectivity index (χ1) is 12.3.